The van der Waals surface area contributed by atoms with Crippen LogP contribution in [0.2, 0.25) is 0 Å². The van der Waals surface area contributed by atoms with Crippen molar-refractivity contribution in [1.82, 2.24) is 5.32 Å². The van der Waals surface area contributed by atoms with Gasteiger partial charge in [0.2, 0.25) is 0 Å². The zero-order valence-electron chi connectivity index (χ0n) is 12.6. The summed E-state index contributed by atoms with van der Waals surface area (Å²) in [6, 6.07) is 6.41. The van der Waals surface area contributed by atoms with Gasteiger partial charge in [-0.3, -0.25) is 9.59 Å². The van der Waals surface area contributed by atoms with Crippen molar-refractivity contribution in [1.29, 1.82) is 0 Å². The molecule has 1 aliphatic rings. The predicted molar refractivity (Wildman–Crippen MR) is 83.4 cm³/mol. The van der Waals surface area contributed by atoms with E-state index >= 15 is 0 Å². The average molecular weight is 307 g/mol. The highest BCUT2D eigenvalue weighted by atomic mass is 32.2. The second kappa shape index (κ2) is 6.98. The van der Waals surface area contributed by atoms with Crippen LogP contribution in [0.1, 0.15) is 30.9 Å². The van der Waals surface area contributed by atoms with Crippen molar-refractivity contribution in [2.75, 3.05) is 5.75 Å². The van der Waals surface area contributed by atoms with E-state index in [4.69, 9.17) is 4.74 Å². The molecule has 1 aromatic rings. The molecule has 0 saturated heterocycles. The number of ether oxygens (including phenoxy) is 1. The van der Waals surface area contributed by atoms with E-state index in [-0.39, 0.29) is 23.7 Å². The van der Waals surface area contributed by atoms with Gasteiger partial charge in [-0.25, -0.2) is 0 Å². The molecule has 5 heteroatoms. The van der Waals surface area contributed by atoms with Gasteiger partial charge < -0.3 is 10.1 Å². The van der Waals surface area contributed by atoms with E-state index in [9.17, 15) is 9.59 Å². The molecule has 1 N–H and O–H groups in total. The highest BCUT2D eigenvalue weighted by molar-refractivity contribution is 8.00. The summed E-state index contributed by atoms with van der Waals surface area (Å²) in [5.74, 6) is -0.354. The molecule has 0 bridgehead atoms. The largest absolute Gasteiger partial charge is 0.452 e. The summed E-state index contributed by atoms with van der Waals surface area (Å²) >= 11 is 1.44. The number of hydrogen-bond donors (Lipinski definition) is 1. The Balaban J connectivity index is 1.78. The molecule has 0 heterocycles. The fourth-order valence-electron chi connectivity index (χ4n) is 1.83. The van der Waals surface area contributed by atoms with Crippen LogP contribution in [0.3, 0.4) is 0 Å². The van der Waals surface area contributed by atoms with Crippen LogP contribution in [0.4, 0.5) is 0 Å². The Morgan fingerprint density at radius 1 is 1.38 bits per heavy atom. The Kier molecular flexibility index (Phi) is 5.28. The highest BCUT2D eigenvalue weighted by Gasteiger charge is 2.27. The first-order valence-electron chi connectivity index (χ1n) is 7.15. The molecular formula is C16H21NO3S. The number of thioether (sulfide) groups is 1. The summed E-state index contributed by atoms with van der Waals surface area (Å²) in [6.07, 6.45) is 1.32. The molecule has 0 aromatic heterocycles. The SMILES string of the molecule is Cc1ccc(C)c(SCC(=O)O[C@@H](C)C(=O)NC2CC2)c1. The van der Waals surface area contributed by atoms with Crippen LogP contribution in [-0.2, 0) is 14.3 Å². The third-order valence-electron chi connectivity index (χ3n) is 3.29. The van der Waals surface area contributed by atoms with Gasteiger partial charge in [0, 0.05) is 10.9 Å². The Hall–Kier alpha value is -1.49. The minimum absolute atomic E-state index is 0.206. The van der Waals surface area contributed by atoms with Crippen LogP contribution >= 0.6 is 11.8 Å². The fraction of sp³-hybridized carbons (Fsp3) is 0.500. The number of carbonyl (C=O) groups excluding carboxylic acids is 2. The fourth-order valence-corrected chi connectivity index (χ4v) is 2.74. The van der Waals surface area contributed by atoms with Gasteiger partial charge in [-0.1, -0.05) is 17.7 Å². The van der Waals surface area contributed by atoms with Crippen molar-refractivity contribution in [2.45, 2.75) is 50.7 Å². The van der Waals surface area contributed by atoms with Crippen molar-refractivity contribution in [3.05, 3.63) is 29.3 Å². The van der Waals surface area contributed by atoms with Crippen LogP contribution in [0.5, 0.6) is 0 Å². The number of benzene rings is 1. The molecule has 114 valence electrons. The molecule has 2 rings (SSSR count). The van der Waals surface area contributed by atoms with E-state index in [2.05, 4.69) is 11.4 Å². The van der Waals surface area contributed by atoms with Crippen molar-refractivity contribution in [2.24, 2.45) is 0 Å². The Morgan fingerprint density at radius 3 is 2.76 bits per heavy atom. The van der Waals surface area contributed by atoms with E-state index in [1.54, 1.807) is 6.92 Å². The third kappa shape index (κ3) is 5.08. The van der Waals surface area contributed by atoms with Crippen LogP contribution in [-0.4, -0.2) is 29.8 Å². The average Bonchev–Trinajstić information content (AvgIpc) is 3.23. The van der Waals surface area contributed by atoms with Gasteiger partial charge in [0.15, 0.2) is 6.10 Å². The molecule has 1 saturated carbocycles. The second-order valence-corrected chi connectivity index (χ2v) is 6.49. The Bertz CT molecular complexity index is 540. The monoisotopic (exact) mass is 307 g/mol. The number of nitrogens with one attached hydrogen (secondary N) is 1. The molecule has 21 heavy (non-hydrogen) atoms. The molecule has 0 radical (unpaired) electrons. The first-order valence-corrected chi connectivity index (χ1v) is 8.14. The Labute approximate surface area is 129 Å². The van der Waals surface area contributed by atoms with Crippen molar-refractivity contribution in [3.63, 3.8) is 0 Å². The number of carbonyl (C=O) groups is 2. The van der Waals surface area contributed by atoms with E-state index < -0.39 is 6.10 Å². The molecule has 4 nitrogen and oxygen atoms in total. The van der Waals surface area contributed by atoms with Gasteiger partial charge in [0.05, 0.1) is 5.75 Å². The smallest absolute Gasteiger partial charge is 0.317 e. The lowest BCUT2D eigenvalue weighted by molar-refractivity contribution is -0.152. The van der Waals surface area contributed by atoms with Gasteiger partial charge in [0.25, 0.3) is 5.91 Å². The molecule has 0 spiro atoms. The molecule has 1 amide bonds. The van der Waals surface area contributed by atoms with E-state index in [0.29, 0.717) is 0 Å². The van der Waals surface area contributed by atoms with Gasteiger partial charge in [-0.2, -0.15) is 0 Å². The minimum atomic E-state index is -0.725. The van der Waals surface area contributed by atoms with Crippen LogP contribution in [0.25, 0.3) is 0 Å². The summed E-state index contributed by atoms with van der Waals surface area (Å²) in [5, 5.41) is 2.83. The van der Waals surface area contributed by atoms with E-state index in [1.807, 2.05) is 26.0 Å². The molecular weight excluding hydrogens is 286 g/mol. The summed E-state index contributed by atoms with van der Waals surface area (Å²) in [5.41, 5.74) is 2.30. The number of amides is 1. The molecule has 1 fully saturated rings. The summed E-state index contributed by atoms with van der Waals surface area (Å²) in [7, 11) is 0. The van der Waals surface area contributed by atoms with E-state index in [0.717, 1.165) is 28.9 Å². The lowest BCUT2D eigenvalue weighted by Gasteiger charge is -2.13. The summed E-state index contributed by atoms with van der Waals surface area (Å²) in [6.45, 7) is 5.64. The van der Waals surface area contributed by atoms with Crippen molar-refractivity contribution >= 4 is 23.6 Å². The number of esters is 1. The zero-order valence-corrected chi connectivity index (χ0v) is 13.5. The van der Waals surface area contributed by atoms with Crippen molar-refractivity contribution in [3.8, 4) is 0 Å². The van der Waals surface area contributed by atoms with Gasteiger partial charge in [0.1, 0.15) is 0 Å². The lowest BCUT2D eigenvalue weighted by atomic mass is 10.2. The first kappa shape index (κ1) is 15.9. The molecule has 1 atom stereocenters. The summed E-state index contributed by atoms with van der Waals surface area (Å²) < 4.78 is 5.16. The number of rotatable bonds is 6. The lowest BCUT2D eigenvalue weighted by Crippen LogP contribution is -2.37. The maximum Gasteiger partial charge on any atom is 0.317 e. The first-order chi connectivity index (χ1) is 9.95. The van der Waals surface area contributed by atoms with E-state index in [1.165, 1.54) is 11.8 Å². The highest BCUT2D eigenvalue weighted by Crippen LogP contribution is 2.23. The third-order valence-corrected chi connectivity index (χ3v) is 4.42. The zero-order chi connectivity index (χ0) is 15.4. The quantitative estimate of drug-likeness (QED) is 0.648. The Morgan fingerprint density at radius 2 is 2.10 bits per heavy atom. The van der Waals surface area contributed by atoms with Crippen LogP contribution < -0.4 is 5.32 Å². The molecule has 0 aliphatic heterocycles. The van der Waals surface area contributed by atoms with Gasteiger partial charge in [-0.15, -0.1) is 11.8 Å². The van der Waals surface area contributed by atoms with Crippen LogP contribution in [0, 0.1) is 13.8 Å². The molecule has 0 unspecified atom stereocenters. The number of aryl methyl sites for hydroxylation is 2. The summed E-state index contributed by atoms with van der Waals surface area (Å²) in [4.78, 5) is 24.6. The maximum atomic E-state index is 11.8. The topological polar surface area (TPSA) is 55.4 Å². The standard InChI is InChI=1S/C16H21NO3S/c1-10-4-5-11(2)14(8-10)21-9-15(18)20-12(3)16(19)17-13-6-7-13/h4-5,8,12-13H,6-7,9H2,1-3H3,(H,17,19)/t12-/m0/s1. The van der Waals surface area contributed by atoms with Gasteiger partial charge >= 0.3 is 5.97 Å². The minimum Gasteiger partial charge on any atom is -0.452 e. The normalized spacial score (nSPS) is 15.4. The van der Waals surface area contributed by atoms with Crippen molar-refractivity contribution < 1.29 is 14.3 Å². The predicted octanol–water partition coefficient (Wildman–Crippen LogP) is 2.61. The van der Waals surface area contributed by atoms with Gasteiger partial charge in [-0.05, 0) is 45.2 Å². The van der Waals surface area contributed by atoms with Crippen LogP contribution in [0.15, 0.2) is 23.1 Å². The number of hydrogen-bond acceptors (Lipinski definition) is 4. The maximum absolute atomic E-state index is 11.8. The second-order valence-electron chi connectivity index (χ2n) is 5.47. The molecule has 1 aliphatic carbocycles. The molecule has 1 aromatic carbocycles.